The number of rotatable bonds is 3. The second-order valence-corrected chi connectivity index (χ2v) is 4.62. The molecule has 0 unspecified atom stereocenters. The van der Waals surface area contributed by atoms with E-state index in [-0.39, 0.29) is 0 Å². The molecule has 4 nitrogen and oxygen atoms in total. The van der Waals surface area contributed by atoms with Crippen molar-refractivity contribution in [2.45, 2.75) is 25.9 Å². The average Bonchev–Trinajstić information content (AvgIpc) is 2.08. The predicted octanol–water partition coefficient (Wildman–Crippen LogP) is 2.34. The zero-order chi connectivity index (χ0) is 12.3. The van der Waals surface area contributed by atoms with Gasteiger partial charge in [-0.2, -0.15) is 0 Å². The SMILES string of the molecule is CC(C)(Cc1cc(N)ccc1Cl)OC(N)=O. The molecule has 0 aliphatic rings. The van der Waals surface area contributed by atoms with Gasteiger partial charge in [0.05, 0.1) is 0 Å². The molecule has 1 aromatic carbocycles. The Morgan fingerprint density at radius 3 is 2.69 bits per heavy atom. The Labute approximate surface area is 99.5 Å². The fraction of sp³-hybridized carbons (Fsp3) is 0.364. The fourth-order valence-corrected chi connectivity index (χ4v) is 1.68. The summed E-state index contributed by atoms with van der Waals surface area (Å²) in [6, 6.07) is 5.19. The molecule has 5 heteroatoms. The minimum atomic E-state index is -0.801. The van der Waals surface area contributed by atoms with E-state index < -0.39 is 11.7 Å². The van der Waals surface area contributed by atoms with E-state index in [1.165, 1.54) is 0 Å². The fourth-order valence-electron chi connectivity index (χ4n) is 1.50. The normalized spacial score (nSPS) is 11.2. The lowest BCUT2D eigenvalue weighted by atomic mass is 9.98. The van der Waals surface area contributed by atoms with Crippen molar-refractivity contribution in [3.8, 4) is 0 Å². The second-order valence-electron chi connectivity index (χ2n) is 4.21. The van der Waals surface area contributed by atoms with Crippen LogP contribution in [-0.4, -0.2) is 11.7 Å². The third kappa shape index (κ3) is 3.62. The van der Waals surface area contributed by atoms with Crippen molar-refractivity contribution in [3.63, 3.8) is 0 Å². The van der Waals surface area contributed by atoms with Crippen molar-refractivity contribution in [1.82, 2.24) is 0 Å². The molecule has 88 valence electrons. The molecule has 0 saturated heterocycles. The van der Waals surface area contributed by atoms with Crippen LogP contribution in [0.2, 0.25) is 5.02 Å². The number of amides is 1. The number of carbonyl (C=O) groups excluding carboxylic acids is 1. The third-order valence-electron chi connectivity index (χ3n) is 2.06. The van der Waals surface area contributed by atoms with Gasteiger partial charge in [-0.15, -0.1) is 0 Å². The van der Waals surface area contributed by atoms with Crippen molar-refractivity contribution >= 4 is 23.4 Å². The van der Waals surface area contributed by atoms with Gasteiger partial charge < -0.3 is 16.2 Å². The van der Waals surface area contributed by atoms with E-state index in [1.807, 2.05) is 0 Å². The highest BCUT2D eigenvalue weighted by Gasteiger charge is 2.23. The second kappa shape index (κ2) is 4.61. The van der Waals surface area contributed by atoms with E-state index in [1.54, 1.807) is 32.0 Å². The summed E-state index contributed by atoms with van der Waals surface area (Å²) in [7, 11) is 0. The van der Waals surface area contributed by atoms with E-state index in [0.29, 0.717) is 17.1 Å². The smallest absolute Gasteiger partial charge is 0.405 e. The first kappa shape index (κ1) is 12.6. The first-order valence-corrected chi connectivity index (χ1v) is 5.20. The highest BCUT2D eigenvalue weighted by Crippen LogP contribution is 2.25. The molecule has 0 aliphatic carbocycles. The number of halogens is 1. The molecule has 16 heavy (non-hydrogen) atoms. The van der Waals surface area contributed by atoms with Crippen molar-refractivity contribution in [2.75, 3.05) is 5.73 Å². The zero-order valence-corrected chi connectivity index (χ0v) is 10.0. The lowest BCUT2D eigenvalue weighted by Gasteiger charge is -2.24. The van der Waals surface area contributed by atoms with Gasteiger partial charge in [0.1, 0.15) is 5.60 Å². The Kier molecular flexibility index (Phi) is 3.65. The number of hydrogen-bond donors (Lipinski definition) is 2. The number of nitrogens with two attached hydrogens (primary N) is 2. The molecule has 0 fully saturated rings. The van der Waals surface area contributed by atoms with Crippen LogP contribution >= 0.6 is 11.6 Å². The van der Waals surface area contributed by atoms with Crippen LogP contribution in [0.3, 0.4) is 0 Å². The first-order chi connectivity index (χ1) is 7.30. The molecule has 1 amide bonds. The van der Waals surface area contributed by atoms with Gasteiger partial charge in [0, 0.05) is 17.1 Å². The largest absolute Gasteiger partial charge is 0.443 e. The van der Waals surface area contributed by atoms with Gasteiger partial charge in [-0.3, -0.25) is 0 Å². The number of benzene rings is 1. The van der Waals surface area contributed by atoms with Crippen molar-refractivity contribution in [1.29, 1.82) is 0 Å². The molecule has 1 aromatic rings. The van der Waals surface area contributed by atoms with Crippen LogP contribution in [0.1, 0.15) is 19.4 Å². The summed E-state index contributed by atoms with van der Waals surface area (Å²) in [5.74, 6) is 0. The summed E-state index contributed by atoms with van der Waals surface area (Å²) in [5.41, 5.74) is 11.4. The Balaban J connectivity index is 2.86. The minimum Gasteiger partial charge on any atom is -0.443 e. The molecule has 0 heterocycles. The number of ether oxygens (including phenoxy) is 1. The Hall–Kier alpha value is -1.42. The molecule has 0 atom stereocenters. The summed E-state index contributed by atoms with van der Waals surface area (Å²) < 4.78 is 4.98. The molecule has 0 bridgehead atoms. The molecule has 0 aliphatic heterocycles. The monoisotopic (exact) mass is 242 g/mol. The lowest BCUT2D eigenvalue weighted by molar-refractivity contribution is 0.0461. The maximum atomic E-state index is 10.7. The van der Waals surface area contributed by atoms with Gasteiger partial charge in [0.25, 0.3) is 0 Å². The molecular weight excluding hydrogens is 228 g/mol. The zero-order valence-electron chi connectivity index (χ0n) is 9.29. The molecule has 0 saturated carbocycles. The summed E-state index contributed by atoms with van der Waals surface area (Å²) in [6.45, 7) is 3.52. The van der Waals surface area contributed by atoms with Gasteiger partial charge in [-0.05, 0) is 37.6 Å². The summed E-state index contributed by atoms with van der Waals surface area (Å²) in [5, 5.41) is 0.593. The predicted molar refractivity (Wildman–Crippen MR) is 64.3 cm³/mol. The van der Waals surface area contributed by atoms with Crippen LogP contribution in [0.4, 0.5) is 10.5 Å². The Bertz CT molecular complexity index is 405. The van der Waals surface area contributed by atoms with Crippen molar-refractivity contribution in [3.05, 3.63) is 28.8 Å². The molecule has 0 spiro atoms. The first-order valence-electron chi connectivity index (χ1n) is 4.82. The number of primary amides is 1. The number of nitrogen functional groups attached to an aromatic ring is 1. The van der Waals surface area contributed by atoms with Gasteiger partial charge in [0.2, 0.25) is 0 Å². The number of hydrogen-bond acceptors (Lipinski definition) is 3. The van der Waals surface area contributed by atoms with Gasteiger partial charge >= 0.3 is 6.09 Å². The highest BCUT2D eigenvalue weighted by molar-refractivity contribution is 6.31. The molecule has 1 rings (SSSR count). The summed E-state index contributed by atoms with van der Waals surface area (Å²) in [6.07, 6.45) is -0.343. The third-order valence-corrected chi connectivity index (χ3v) is 2.43. The Morgan fingerprint density at radius 2 is 2.12 bits per heavy atom. The van der Waals surface area contributed by atoms with Crippen LogP contribution in [0.15, 0.2) is 18.2 Å². The maximum absolute atomic E-state index is 10.7. The van der Waals surface area contributed by atoms with E-state index in [4.69, 9.17) is 27.8 Å². The van der Waals surface area contributed by atoms with E-state index >= 15 is 0 Å². The topological polar surface area (TPSA) is 78.3 Å². The van der Waals surface area contributed by atoms with Crippen LogP contribution in [0.5, 0.6) is 0 Å². The summed E-state index contributed by atoms with van der Waals surface area (Å²) >= 11 is 6.01. The van der Waals surface area contributed by atoms with E-state index in [0.717, 1.165) is 5.56 Å². The molecule has 4 N–H and O–H groups in total. The summed E-state index contributed by atoms with van der Waals surface area (Å²) in [4.78, 5) is 10.7. The van der Waals surface area contributed by atoms with E-state index in [9.17, 15) is 4.79 Å². The number of anilines is 1. The molecular formula is C11H15ClN2O2. The van der Waals surface area contributed by atoms with Crippen molar-refractivity contribution in [2.24, 2.45) is 5.73 Å². The van der Waals surface area contributed by atoms with Gasteiger partial charge in [-0.1, -0.05) is 11.6 Å². The van der Waals surface area contributed by atoms with Crippen LogP contribution in [0, 0.1) is 0 Å². The van der Waals surface area contributed by atoms with Gasteiger partial charge in [-0.25, -0.2) is 4.79 Å². The minimum absolute atomic E-state index is 0.458. The highest BCUT2D eigenvalue weighted by atomic mass is 35.5. The lowest BCUT2D eigenvalue weighted by Crippen LogP contribution is -2.33. The number of carbonyl (C=O) groups is 1. The Morgan fingerprint density at radius 1 is 1.50 bits per heavy atom. The van der Waals surface area contributed by atoms with E-state index in [2.05, 4.69) is 0 Å². The van der Waals surface area contributed by atoms with Crippen molar-refractivity contribution < 1.29 is 9.53 Å². The molecule has 0 radical (unpaired) electrons. The maximum Gasteiger partial charge on any atom is 0.405 e. The average molecular weight is 243 g/mol. The van der Waals surface area contributed by atoms with Crippen LogP contribution in [-0.2, 0) is 11.2 Å². The quantitative estimate of drug-likeness (QED) is 0.799. The van der Waals surface area contributed by atoms with Gasteiger partial charge in [0.15, 0.2) is 0 Å². The van der Waals surface area contributed by atoms with Crippen LogP contribution in [0.25, 0.3) is 0 Å². The standard InChI is InChI=1S/C11H15ClN2O2/c1-11(2,16-10(14)15)6-7-5-8(13)3-4-9(7)12/h3-5H,6,13H2,1-2H3,(H2,14,15). The molecule has 0 aromatic heterocycles. The van der Waals surface area contributed by atoms with Crippen LogP contribution < -0.4 is 11.5 Å².